The van der Waals surface area contributed by atoms with Crippen LogP contribution in [0.4, 0.5) is 14.6 Å². The van der Waals surface area contributed by atoms with Crippen LogP contribution >= 0.6 is 0 Å². The first-order valence-electron chi connectivity index (χ1n) is 17.4. The number of likely N-dealkylation sites (tertiary alicyclic amines) is 1. The van der Waals surface area contributed by atoms with Crippen molar-refractivity contribution in [3.8, 4) is 35.4 Å². The number of rotatable bonds is 6. The number of pyridine rings is 1. The number of hydrogen-bond donors (Lipinski definition) is 2. The Kier molecular flexibility index (Phi) is 8.09. The molecule has 11 heteroatoms. The van der Waals surface area contributed by atoms with Crippen molar-refractivity contribution in [1.29, 1.82) is 0 Å². The van der Waals surface area contributed by atoms with Crippen LogP contribution < -0.4 is 9.64 Å². The highest BCUT2D eigenvalue weighted by atomic mass is 19.1. The van der Waals surface area contributed by atoms with Crippen LogP contribution in [0.5, 0.6) is 11.8 Å². The molecule has 4 fully saturated rings. The molecule has 2 aliphatic heterocycles. The van der Waals surface area contributed by atoms with Crippen LogP contribution in [0.2, 0.25) is 0 Å². The second-order valence-electron chi connectivity index (χ2n) is 14.6. The minimum absolute atomic E-state index is 0.0211. The highest BCUT2D eigenvalue weighted by Crippen LogP contribution is 2.51. The van der Waals surface area contributed by atoms with Crippen LogP contribution in [-0.4, -0.2) is 87.2 Å². The van der Waals surface area contributed by atoms with Gasteiger partial charge in [-0.05, 0) is 82.0 Å². The molecule has 9 nitrogen and oxygen atoms in total. The highest BCUT2D eigenvalue weighted by Gasteiger charge is 2.53. The summed E-state index contributed by atoms with van der Waals surface area (Å²) < 4.78 is 44.0. The number of aromatic nitrogens is 3. The van der Waals surface area contributed by atoms with E-state index in [0.29, 0.717) is 61.6 Å². The molecule has 8 rings (SSSR count). The fourth-order valence-electron chi connectivity index (χ4n) is 9.00. The predicted octanol–water partition coefficient (Wildman–Crippen LogP) is 5.96. The minimum Gasteiger partial charge on any atom is -0.508 e. The lowest BCUT2D eigenvalue weighted by atomic mass is 9.70. The van der Waals surface area contributed by atoms with Gasteiger partial charge in [0, 0.05) is 54.3 Å². The summed E-state index contributed by atoms with van der Waals surface area (Å²) in [6, 6.07) is 6.35. The Morgan fingerprint density at radius 3 is 2.73 bits per heavy atom. The summed E-state index contributed by atoms with van der Waals surface area (Å²) in [4.78, 5) is 18.7. The van der Waals surface area contributed by atoms with Crippen LogP contribution in [0.15, 0.2) is 30.5 Å². The number of fused-ring (bicyclic) bond motifs is 3. The molecule has 49 heavy (non-hydrogen) atoms. The van der Waals surface area contributed by atoms with Gasteiger partial charge < -0.3 is 24.6 Å². The molecule has 0 amide bonds. The van der Waals surface area contributed by atoms with Gasteiger partial charge in [-0.1, -0.05) is 18.4 Å². The molecule has 2 N–H and O–H groups in total. The summed E-state index contributed by atoms with van der Waals surface area (Å²) in [5, 5.41) is 22.2. The quantitative estimate of drug-likeness (QED) is 0.241. The number of anilines is 1. The van der Waals surface area contributed by atoms with Gasteiger partial charge in [-0.15, -0.1) is 6.42 Å². The molecule has 2 aromatic heterocycles. The van der Waals surface area contributed by atoms with Crippen molar-refractivity contribution < 1.29 is 28.5 Å². The fourth-order valence-corrected chi connectivity index (χ4v) is 9.00. The lowest BCUT2D eigenvalue weighted by Gasteiger charge is -2.55. The Morgan fingerprint density at radius 1 is 1.08 bits per heavy atom. The Balaban J connectivity index is 1.21. The first-order valence-corrected chi connectivity index (χ1v) is 17.4. The van der Waals surface area contributed by atoms with Crippen LogP contribution in [0.25, 0.3) is 32.9 Å². The van der Waals surface area contributed by atoms with Gasteiger partial charge in [0.05, 0.1) is 29.8 Å². The Morgan fingerprint density at radius 2 is 1.92 bits per heavy atom. The molecule has 4 heterocycles. The summed E-state index contributed by atoms with van der Waals surface area (Å²) in [7, 11) is 0. The molecule has 2 aromatic carbocycles. The van der Waals surface area contributed by atoms with Crippen molar-refractivity contribution in [2.45, 2.75) is 76.0 Å². The maximum absolute atomic E-state index is 16.9. The van der Waals surface area contributed by atoms with Crippen molar-refractivity contribution in [3.63, 3.8) is 0 Å². The Bertz CT molecular complexity index is 1970. The summed E-state index contributed by atoms with van der Waals surface area (Å²) in [6.45, 7) is 5.68. The van der Waals surface area contributed by atoms with Gasteiger partial charge in [-0.2, -0.15) is 9.97 Å². The predicted molar refractivity (Wildman–Crippen MR) is 183 cm³/mol. The number of aliphatic hydroxyl groups is 1. The third-order valence-corrected chi connectivity index (χ3v) is 11.3. The molecule has 0 spiro atoms. The van der Waals surface area contributed by atoms with E-state index in [9.17, 15) is 14.6 Å². The van der Waals surface area contributed by atoms with Crippen LogP contribution in [0.3, 0.4) is 0 Å². The number of phenols is 1. The minimum atomic E-state index is -0.742. The van der Waals surface area contributed by atoms with E-state index in [4.69, 9.17) is 20.9 Å². The number of piperidine rings is 1. The second-order valence-corrected chi connectivity index (χ2v) is 14.6. The molecular weight excluding hydrogens is 628 g/mol. The number of terminal acetylenes is 1. The van der Waals surface area contributed by atoms with Crippen molar-refractivity contribution in [2.75, 3.05) is 44.4 Å². The monoisotopic (exact) mass is 669 g/mol. The zero-order valence-electron chi connectivity index (χ0n) is 27.7. The molecule has 2 atom stereocenters. The average molecular weight is 670 g/mol. The zero-order valence-corrected chi connectivity index (χ0v) is 27.7. The largest absolute Gasteiger partial charge is 0.508 e. The number of aromatic hydroxyl groups is 1. The fraction of sp³-hybridized carbons (Fsp3) is 0.500. The summed E-state index contributed by atoms with van der Waals surface area (Å²) >= 11 is 0. The summed E-state index contributed by atoms with van der Waals surface area (Å²) in [5.74, 6) is 1.41. The smallest absolute Gasteiger partial charge is 0.319 e. The lowest BCUT2D eigenvalue weighted by Crippen LogP contribution is -2.61. The molecule has 0 bridgehead atoms. The topological polar surface area (TPSA) is 104 Å². The van der Waals surface area contributed by atoms with Gasteiger partial charge in [0.1, 0.15) is 28.6 Å². The van der Waals surface area contributed by atoms with E-state index in [1.165, 1.54) is 30.5 Å². The molecular formula is C38H41F2N5O4. The SMILES string of the molecule is C#Cc1c(F)ccc2cc(O)cc(-c3ncc4c(N5CCCOCC5)nc(OC[C@]56CCC[C@H]5N(C5CC(C)(O)C5)CCC6)nc4c3F)c12. The number of ether oxygens (including phenoxy) is 2. The van der Waals surface area contributed by atoms with Crippen molar-refractivity contribution in [2.24, 2.45) is 5.41 Å². The molecule has 2 aliphatic carbocycles. The third-order valence-electron chi connectivity index (χ3n) is 11.3. The number of benzene rings is 2. The first-order chi connectivity index (χ1) is 23.7. The van der Waals surface area contributed by atoms with Crippen LogP contribution in [0.1, 0.15) is 63.9 Å². The number of nitrogens with zero attached hydrogens (tertiary/aromatic N) is 5. The lowest BCUT2D eigenvalue weighted by molar-refractivity contribution is -0.117. The van der Waals surface area contributed by atoms with Crippen molar-refractivity contribution in [3.05, 3.63) is 47.7 Å². The van der Waals surface area contributed by atoms with Gasteiger partial charge in [0.15, 0.2) is 5.82 Å². The van der Waals surface area contributed by atoms with Gasteiger partial charge >= 0.3 is 6.01 Å². The molecule has 0 radical (unpaired) electrons. The van der Waals surface area contributed by atoms with E-state index < -0.39 is 17.2 Å². The van der Waals surface area contributed by atoms with E-state index in [2.05, 4.69) is 25.7 Å². The number of halogens is 2. The van der Waals surface area contributed by atoms with Gasteiger partial charge in [0.25, 0.3) is 0 Å². The van der Waals surface area contributed by atoms with E-state index in [0.717, 1.165) is 57.9 Å². The second kappa shape index (κ2) is 12.3. The van der Waals surface area contributed by atoms with Crippen LogP contribution in [-0.2, 0) is 4.74 Å². The molecule has 2 saturated heterocycles. The first kappa shape index (κ1) is 32.1. The van der Waals surface area contributed by atoms with Crippen molar-refractivity contribution >= 4 is 27.5 Å². The zero-order chi connectivity index (χ0) is 33.9. The molecule has 0 unspecified atom stereocenters. The highest BCUT2D eigenvalue weighted by molar-refractivity contribution is 6.03. The Labute approximate surface area is 284 Å². The summed E-state index contributed by atoms with van der Waals surface area (Å²) in [6.07, 6.45) is 14.9. The standard InChI is InChI=1S/C38H41F2N5O4/c1-3-26-29(39)9-8-23-17-25(46)18-27(31(23)26)33-32(40)34-28(21-41-33)35(44-12-6-15-48-16-14-44)43-36(42-34)49-22-38-10-4-7-30(38)45(13-5-11-38)24-19-37(2,47)20-24/h1,8-9,17-18,21,24,30,46-47H,4-7,10-16,19-20,22H2,2H3/t24?,30-,37?,38-/m1/s1. The van der Waals surface area contributed by atoms with Crippen LogP contribution in [0, 0.1) is 29.4 Å². The normalized spacial score (nSPS) is 27.4. The molecule has 4 aromatic rings. The van der Waals surface area contributed by atoms with E-state index in [1.54, 1.807) is 0 Å². The number of hydrogen-bond acceptors (Lipinski definition) is 9. The van der Waals surface area contributed by atoms with Gasteiger partial charge in [-0.25, -0.2) is 8.78 Å². The van der Waals surface area contributed by atoms with Gasteiger partial charge in [-0.3, -0.25) is 9.88 Å². The maximum Gasteiger partial charge on any atom is 0.319 e. The van der Waals surface area contributed by atoms with Gasteiger partial charge in [0.2, 0.25) is 0 Å². The Hall–Kier alpha value is -4.11. The molecule has 4 aliphatic rings. The number of phenolic OH excluding ortho intramolecular Hbond substituents is 1. The van der Waals surface area contributed by atoms with E-state index >= 15 is 4.39 Å². The third kappa shape index (κ3) is 5.64. The van der Waals surface area contributed by atoms with E-state index in [-0.39, 0.29) is 44.9 Å². The molecule has 256 valence electrons. The van der Waals surface area contributed by atoms with Crippen molar-refractivity contribution in [1.82, 2.24) is 19.9 Å². The molecule has 2 saturated carbocycles. The van der Waals surface area contributed by atoms with E-state index in [1.807, 2.05) is 6.92 Å². The maximum atomic E-state index is 16.9. The average Bonchev–Trinajstić information content (AvgIpc) is 3.32. The summed E-state index contributed by atoms with van der Waals surface area (Å²) in [5.41, 5.74) is -0.632.